The van der Waals surface area contributed by atoms with E-state index in [0.717, 1.165) is 31.1 Å². The van der Waals surface area contributed by atoms with E-state index in [0.29, 0.717) is 12.8 Å². The molecule has 1 aliphatic rings. The van der Waals surface area contributed by atoms with Crippen molar-refractivity contribution in [2.24, 2.45) is 0 Å². The molecular formula is C12H17O2-. The van der Waals surface area contributed by atoms with Crippen LogP contribution in [0.5, 0.6) is 0 Å². The lowest BCUT2D eigenvalue weighted by atomic mass is 9.88. The minimum atomic E-state index is 0.275. The van der Waals surface area contributed by atoms with Gasteiger partial charge in [0.2, 0.25) is 0 Å². The van der Waals surface area contributed by atoms with Gasteiger partial charge in [0, 0.05) is 6.42 Å². The Labute approximate surface area is 85.3 Å². The molecule has 0 amide bonds. The van der Waals surface area contributed by atoms with Crippen molar-refractivity contribution in [2.75, 3.05) is 0 Å². The predicted octanol–water partition coefficient (Wildman–Crippen LogP) is 2.10. The molecule has 0 fully saturated rings. The molecule has 0 heterocycles. The van der Waals surface area contributed by atoms with Crippen LogP contribution in [0.25, 0.3) is 0 Å². The fraction of sp³-hybridized carbons (Fsp3) is 0.583. The number of unbranched alkanes of at least 4 members (excludes halogenated alkanes) is 1. The van der Waals surface area contributed by atoms with Gasteiger partial charge in [0.1, 0.15) is 6.29 Å². The molecule has 0 unspecified atom stereocenters. The van der Waals surface area contributed by atoms with Gasteiger partial charge in [0.15, 0.2) is 0 Å². The second kappa shape index (κ2) is 4.99. The van der Waals surface area contributed by atoms with Gasteiger partial charge in [-0.15, -0.1) is 5.76 Å². The second-order valence-electron chi connectivity index (χ2n) is 3.87. The molecule has 1 aliphatic carbocycles. The third-order valence-electron chi connectivity index (χ3n) is 2.86. The molecule has 0 radical (unpaired) electrons. The van der Waals surface area contributed by atoms with Crippen molar-refractivity contribution in [2.45, 2.75) is 46.0 Å². The quantitative estimate of drug-likeness (QED) is 0.506. The topological polar surface area (TPSA) is 40.1 Å². The zero-order valence-electron chi connectivity index (χ0n) is 8.93. The van der Waals surface area contributed by atoms with Crippen LogP contribution in [0, 0.1) is 0 Å². The first-order valence-electron chi connectivity index (χ1n) is 5.16. The van der Waals surface area contributed by atoms with Crippen LogP contribution in [0.2, 0.25) is 0 Å². The van der Waals surface area contributed by atoms with Crippen LogP contribution < -0.4 is 5.11 Å². The van der Waals surface area contributed by atoms with Gasteiger partial charge in [0.05, 0.1) is 0 Å². The molecule has 0 aromatic heterocycles. The number of hydrogen-bond acceptors (Lipinski definition) is 2. The van der Waals surface area contributed by atoms with E-state index >= 15 is 0 Å². The van der Waals surface area contributed by atoms with E-state index in [1.54, 1.807) is 0 Å². The van der Waals surface area contributed by atoms with E-state index in [1.165, 1.54) is 11.1 Å². The highest BCUT2D eigenvalue weighted by Gasteiger charge is 2.10. The van der Waals surface area contributed by atoms with Crippen LogP contribution in [0.3, 0.4) is 0 Å². The summed E-state index contributed by atoms with van der Waals surface area (Å²) in [6.45, 7) is 3.99. The summed E-state index contributed by atoms with van der Waals surface area (Å²) in [7, 11) is 0. The molecule has 78 valence electrons. The van der Waals surface area contributed by atoms with Gasteiger partial charge in [-0.05, 0) is 45.1 Å². The van der Waals surface area contributed by atoms with E-state index in [4.69, 9.17) is 0 Å². The summed E-state index contributed by atoms with van der Waals surface area (Å²) < 4.78 is 0. The number of carbonyl (C=O) groups is 1. The molecule has 0 saturated heterocycles. The zero-order valence-corrected chi connectivity index (χ0v) is 8.93. The monoisotopic (exact) mass is 193 g/mol. The smallest absolute Gasteiger partial charge is 0.120 e. The lowest BCUT2D eigenvalue weighted by Gasteiger charge is -2.26. The minimum absolute atomic E-state index is 0.275. The second-order valence-corrected chi connectivity index (χ2v) is 3.87. The minimum Gasteiger partial charge on any atom is -0.875 e. The standard InChI is InChI=1S/C12H18O2/c1-9-6-7-12(14)10(2)11(9)5-3-4-8-13/h8,14H,3-7H2,1-2H3/p-1. The van der Waals surface area contributed by atoms with E-state index in [-0.39, 0.29) is 5.76 Å². The molecule has 0 aliphatic heterocycles. The molecule has 0 bridgehead atoms. The zero-order chi connectivity index (χ0) is 10.6. The Morgan fingerprint density at radius 2 is 2.07 bits per heavy atom. The van der Waals surface area contributed by atoms with E-state index in [1.807, 2.05) is 6.92 Å². The fourth-order valence-corrected chi connectivity index (χ4v) is 1.89. The summed E-state index contributed by atoms with van der Waals surface area (Å²) in [5.41, 5.74) is 3.44. The van der Waals surface area contributed by atoms with Gasteiger partial charge in [-0.3, -0.25) is 0 Å². The molecule has 2 nitrogen and oxygen atoms in total. The van der Waals surface area contributed by atoms with Crippen LogP contribution in [0.4, 0.5) is 0 Å². The van der Waals surface area contributed by atoms with Crippen molar-refractivity contribution in [1.82, 2.24) is 0 Å². The summed E-state index contributed by atoms with van der Waals surface area (Å²) in [5.74, 6) is 0.275. The number of aldehydes is 1. The van der Waals surface area contributed by atoms with Crippen molar-refractivity contribution < 1.29 is 9.90 Å². The maximum atomic E-state index is 11.4. The third-order valence-corrected chi connectivity index (χ3v) is 2.86. The molecule has 0 aromatic carbocycles. The first-order chi connectivity index (χ1) is 6.66. The molecule has 0 aromatic rings. The van der Waals surface area contributed by atoms with Crippen LogP contribution >= 0.6 is 0 Å². The average Bonchev–Trinajstić information content (AvgIpc) is 2.18. The van der Waals surface area contributed by atoms with Crippen molar-refractivity contribution in [3.8, 4) is 0 Å². The molecule has 0 atom stereocenters. The third kappa shape index (κ3) is 2.47. The molecule has 14 heavy (non-hydrogen) atoms. The van der Waals surface area contributed by atoms with Gasteiger partial charge in [-0.1, -0.05) is 11.1 Å². The fourth-order valence-electron chi connectivity index (χ4n) is 1.89. The number of allylic oxidation sites excluding steroid dienone is 4. The highest BCUT2D eigenvalue weighted by atomic mass is 16.3. The number of carbonyl (C=O) groups excluding carboxylic acids is 1. The van der Waals surface area contributed by atoms with E-state index < -0.39 is 0 Å². The maximum Gasteiger partial charge on any atom is 0.120 e. The molecule has 0 saturated carbocycles. The van der Waals surface area contributed by atoms with Gasteiger partial charge in [-0.2, -0.15) is 0 Å². The molecule has 0 spiro atoms. The average molecular weight is 193 g/mol. The maximum absolute atomic E-state index is 11.4. The molecule has 0 N–H and O–H groups in total. The van der Waals surface area contributed by atoms with E-state index in [2.05, 4.69) is 6.92 Å². The SMILES string of the molecule is CC1=C(CCCC=O)C(C)=C([O-])CC1. The van der Waals surface area contributed by atoms with E-state index in [9.17, 15) is 9.90 Å². The van der Waals surface area contributed by atoms with Gasteiger partial charge in [0.25, 0.3) is 0 Å². The summed E-state index contributed by atoms with van der Waals surface area (Å²) in [4.78, 5) is 10.2. The first kappa shape index (κ1) is 11.0. The lowest BCUT2D eigenvalue weighted by Crippen LogP contribution is -2.13. The number of rotatable bonds is 4. The highest BCUT2D eigenvalue weighted by Crippen LogP contribution is 2.30. The largest absolute Gasteiger partial charge is 0.875 e. The van der Waals surface area contributed by atoms with Crippen molar-refractivity contribution >= 4 is 6.29 Å². The predicted molar refractivity (Wildman–Crippen MR) is 54.5 cm³/mol. The normalized spacial score (nSPS) is 17.6. The van der Waals surface area contributed by atoms with Crippen LogP contribution in [-0.2, 0) is 4.79 Å². The summed E-state index contributed by atoms with van der Waals surface area (Å²) in [6.07, 6.45) is 4.83. The lowest BCUT2D eigenvalue weighted by molar-refractivity contribution is -0.308. The first-order valence-corrected chi connectivity index (χ1v) is 5.16. The Bertz CT molecular complexity index is 285. The van der Waals surface area contributed by atoms with Crippen molar-refractivity contribution in [1.29, 1.82) is 0 Å². The Morgan fingerprint density at radius 1 is 1.36 bits per heavy atom. The summed E-state index contributed by atoms with van der Waals surface area (Å²) in [5, 5.41) is 11.4. The molecule has 2 heteroatoms. The van der Waals surface area contributed by atoms with Crippen LogP contribution in [0.1, 0.15) is 46.0 Å². The highest BCUT2D eigenvalue weighted by molar-refractivity contribution is 5.49. The van der Waals surface area contributed by atoms with Crippen molar-refractivity contribution in [3.05, 3.63) is 22.5 Å². The van der Waals surface area contributed by atoms with Crippen LogP contribution in [-0.4, -0.2) is 6.29 Å². The Kier molecular flexibility index (Phi) is 3.93. The molecular weight excluding hydrogens is 176 g/mol. The Hall–Kier alpha value is -1.05. The van der Waals surface area contributed by atoms with Crippen LogP contribution in [0.15, 0.2) is 22.5 Å². The van der Waals surface area contributed by atoms with Crippen molar-refractivity contribution in [3.63, 3.8) is 0 Å². The van der Waals surface area contributed by atoms with Gasteiger partial charge >= 0.3 is 0 Å². The number of hydrogen-bond donors (Lipinski definition) is 0. The Morgan fingerprint density at radius 3 is 2.71 bits per heavy atom. The van der Waals surface area contributed by atoms with Gasteiger partial charge in [-0.25, -0.2) is 0 Å². The summed E-state index contributed by atoms with van der Waals surface area (Å²) in [6, 6.07) is 0. The Balaban J connectivity index is 2.68. The summed E-state index contributed by atoms with van der Waals surface area (Å²) >= 11 is 0. The molecule has 1 rings (SSSR count). The van der Waals surface area contributed by atoms with Gasteiger partial charge < -0.3 is 9.90 Å².